The second kappa shape index (κ2) is 7.82. The fourth-order valence-electron chi connectivity index (χ4n) is 1.42. The van der Waals surface area contributed by atoms with Gasteiger partial charge in [0, 0.05) is 13.1 Å². The van der Waals surface area contributed by atoms with Gasteiger partial charge >= 0.3 is 7.60 Å². The summed E-state index contributed by atoms with van der Waals surface area (Å²) in [6, 6.07) is 0. The largest absolute Gasteiger partial charge is 0.356 e. The zero-order chi connectivity index (χ0) is 13.5. The Labute approximate surface area is 103 Å². The average Bonchev–Trinajstić information content (AvgIpc) is 2.30. The molecular formula is C10H23N2O4P. The van der Waals surface area contributed by atoms with Gasteiger partial charge in [-0.25, -0.2) is 0 Å². The third kappa shape index (κ3) is 4.39. The fraction of sp³-hybridized carbons (Fsp3) is 0.900. The molecule has 0 aliphatic heterocycles. The SMILES string of the molecule is CCOP(=O)(OCC)C(N)C(=O)N(CC)CC. The zero-order valence-corrected chi connectivity index (χ0v) is 11.9. The summed E-state index contributed by atoms with van der Waals surface area (Å²) < 4.78 is 22.4. The number of nitrogens with two attached hydrogens (primary N) is 1. The number of carbonyl (C=O) groups is 1. The monoisotopic (exact) mass is 266 g/mol. The van der Waals surface area contributed by atoms with E-state index in [0.29, 0.717) is 13.1 Å². The van der Waals surface area contributed by atoms with Crippen molar-refractivity contribution in [2.24, 2.45) is 5.73 Å². The summed E-state index contributed by atoms with van der Waals surface area (Å²) in [5.74, 6) is -1.65. The molecule has 1 unspecified atom stereocenters. The number of hydrogen-bond acceptors (Lipinski definition) is 5. The van der Waals surface area contributed by atoms with Crippen LogP contribution < -0.4 is 5.73 Å². The van der Waals surface area contributed by atoms with Crippen LogP contribution >= 0.6 is 7.60 Å². The molecule has 0 aromatic heterocycles. The van der Waals surface area contributed by atoms with E-state index in [1.54, 1.807) is 13.8 Å². The van der Waals surface area contributed by atoms with E-state index in [9.17, 15) is 9.36 Å². The molecular weight excluding hydrogens is 243 g/mol. The van der Waals surface area contributed by atoms with E-state index in [1.807, 2.05) is 13.8 Å². The Morgan fingerprint density at radius 3 is 1.88 bits per heavy atom. The fourth-order valence-corrected chi connectivity index (χ4v) is 2.96. The molecule has 0 fully saturated rings. The maximum absolute atomic E-state index is 12.3. The smallest absolute Gasteiger partial charge is 0.341 e. The van der Waals surface area contributed by atoms with Crippen LogP contribution in [0.4, 0.5) is 0 Å². The lowest BCUT2D eigenvalue weighted by molar-refractivity contribution is -0.130. The van der Waals surface area contributed by atoms with E-state index in [1.165, 1.54) is 4.90 Å². The molecule has 0 radical (unpaired) electrons. The summed E-state index contributed by atoms with van der Waals surface area (Å²) in [5, 5.41) is 0. The molecule has 0 bridgehead atoms. The van der Waals surface area contributed by atoms with Gasteiger partial charge in [0.25, 0.3) is 5.91 Å². The van der Waals surface area contributed by atoms with Crippen molar-refractivity contribution >= 4 is 13.5 Å². The molecule has 0 saturated carbocycles. The van der Waals surface area contributed by atoms with Crippen molar-refractivity contribution in [2.45, 2.75) is 33.5 Å². The molecule has 0 saturated heterocycles. The van der Waals surface area contributed by atoms with Crippen molar-refractivity contribution in [2.75, 3.05) is 26.3 Å². The van der Waals surface area contributed by atoms with Crippen molar-refractivity contribution in [3.63, 3.8) is 0 Å². The topological polar surface area (TPSA) is 81.9 Å². The van der Waals surface area contributed by atoms with Crippen molar-refractivity contribution in [3.05, 3.63) is 0 Å². The number of carbonyl (C=O) groups excluding carboxylic acids is 1. The molecule has 0 heterocycles. The Balaban J connectivity index is 4.88. The number of likely N-dealkylation sites (N-methyl/N-ethyl adjacent to an activating group) is 1. The van der Waals surface area contributed by atoms with E-state index in [2.05, 4.69) is 0 Å². The highest BCUT2D eigenvalue weighted by molar-refractivity contribution is 7.55. The lowest BCUT2D eigenvalue weighted by Crippen LogP contribution is -2.44. The summed E-state index contributed by atoms with van der Waals surface area (Å²) in [7, 11) is -3.56. The van der Waals surface area contributed by atoms with E-state index in [0.717, 1.165) is 0 Å². The van der Waals surface area contributed by atoms with Gasteiger partial charge in [-0.1, -0.05) is 0 Å². The summed E-state index contributed by atoms with van der Waals surface area (Å²) in [4.78, 5) is 13.5. The zero-order valence-electron chi connectivity index (χ0n) is 11.0. The molecule has 6 nitrogen and oxygen atoms in total. The molecule has 1 amide bonds. The Hall–Kier alpha value is -0.420. The van der Waals surface area contributed by atoms with Gasteiger partial charge < -0.3 is 19.7 Å². The molecule has 0 aliphatic rings. The second-order valence-corrected chi connectivity index (χ2v) is 5.48. The molecule has 0 aromatic rings. The van der Waals surface area contributed by atoms with Gasteiger partial charge in [-0.2, -0.15) is 0 Å². The van der Waals surface area contributed by atoms with E-state index in [4.69, 9.17) is 14.8 Å². The molecule has 0 spiro atoms. The minimum atomic E-state index is -3.56. The van der Waals surface area contributed by atoms with E-state index < -0.39 is 19.3 Å². The third-order valence-electron chi connectivity index (χ3n) is 2.29. The highest BCUT2D eigenvalue weighted by Gasteiger charge is 2.39. The highest BCUT2D eigenvalue weighted by atomic mass is 31.2. The minimum Gasteiger partial charge on any atom is -0.341 e. The lowest BCUT2D eigenvalue weighted by Gasteiger charge is -2.27. The van der Waals surface area contributed by atoms with Gasteiger partial charge in [0.1, 0.15) is 0 Å². The summed E-state index contributed by atoms with van der Waals surface area (Å²) >= 11 is 0. The Morgan fingerprint density at radius 2 is 1.59 bits per heavy atom. The number of rotatable bonds is 8. The van der Waals surface area contributed by atoms with Gasteiger partial charge in [0.05, 0.1) is 13.2 Å². The summed E-state index contributed by atoms with van der Waals surface area (Å²) in [6.07, 6.45) is 0. The van der Waals surface area contributed by atoms with Crippen LogP contribution in [0.15, 0.2) is 0 Å². The highest BCUT2D eigenvalue weighted by Crippen LogP contribution is 2.51. The van der Waals surface area contributed by atoms with Gasteiger partial charge in [-0.3, -0.25) is 9.36 Å². The van der Waals surface area contributed by atoms with Crippen molar-refractivity contribution < 1.29 is 18.4 Å². The predicted molar refractivity (Wildman–Crippen MR) is 66.8 cm³/mol. The normalized spacial score (nSPS) is 13.5. The van der Waals surface area contributed by atoms with Gasteiger partial charge in [0.15, 0.2) is 5.78 Å². The van der Waals surface area contributed by atoms with Crippen molar-refractivity contribution in [1.29, 1.82) is 0 Å². The van der Waals surface area contributed by atoms with Crippen molar-refractivity contribution in [1.82, 2.24) is 4.90 Å². The number of nitrogens with zero attached hydrogens (tertiary/aromatic N) is 1. The van der Waals surface area contributed by atoms with Crippen LogP contribution in [-0.4, -0.2) is 42.9 Å². The van der Waals surface area contributed by atoms with Crippen LogP contribution in [0.25, 0.3) is 0 Å². The van der Waals surface area contributed by atoms with Gasteiger partial charge in [-0.05, 0) is 27.7 Å². The van der Waals surface area contributed by atoms with E-state index >= 15 is 0 Å². The number of hydrogen-bond donors (Lipinski definition) is 1. The summed E-state index contributed by atoms with van der Waals surface area (Å²) in [5.41, 5.74) is 5.72. The van der Waals surface area contributed by atoms with Crippen molar-refractivity contribution in [3.8, 4) is 0 Å². The maximum atomic E-state index is 12.3. The summed E-state index contributed by atoms with van der Waals surface area (Å²) in [6.45, 7) is 8.44. The van der Waals surface area contributed by atoms with Crippen LogP contribution in [0, 0.1) is 0 Å². The standard InChI is InChI=1S/C10H23N2O4P/c1-5-12(6-2)10(13)9(11)17(14,15-7-3)16-8-4/h9H,5-8,11H2,1-4H3. The van der Waals surface area contributed by atoms with Gasteiger partial charge in [-0.15, -0.1) is 0 Å². The molecule has 1 atom stereocenters. The maximum Gasteiger partial charge on any atom is 0.356 e. The predicted octanol–water partition coefficient (Wildman–Crippen LogP) is 1.41. The third-order valence-corrected chi connectivity index (χ3v) is 4.43. The van der Waals surface area contributed by atoms with Crippen LogP contribution in [0.2, 0.25) is 0 Å². The van der Waals surface area contributed by atoms with E-state index in [-0.39, 0.29) is 13.2 Å². The minimum absolute atomic E-state index is 0.191. The van der Waals surface area contributed by atoms with Crippen LogP contribution in [0.5, 0.6) is 0 Å². The number of amides is 1. The second-order valence-electron chi connectivity index (χ2n) is 3.33. The molecule has 7 heteroatoms. The molecule has 0 aromatic carbocycles. The average molecular weight is 266 g/mol. The molecule has 17 heavy (non-hydrogen) atoms. The van der Waals surface area contributed by atoms with Crippen LogP contribution in [-0.2, 0) is 18.4 Å². The first kappa shape index (κ1) is 16.6. The first-order valence-corrected chi connectivity index (χ1v) is 7.51. The quantitative estimate of drug-likeness (QED) is 0.672. The lowest BCUT2D eigenvalue weighted by atomic mass is 10.4. The van der Waals surface area contributed by atoms with Gasteiger partial charge in [0.2, 0.25) is 0 Å². The molecule has 2 N–H and O–H groups in total. The molecule has 102 valence electrons. The Bertz CT molecular complexity index is 271. The van der Waals surface area contributed by atoms with Crippen LogP contribution in [0.3, 0.4) is 0 Å². The van der Waals surface area contributed by atoms with Crippen LogP contribution in [0.1, 0.15) is 27.7 Å². The Morgan fingerprint density at radius 1 is 1.18 bits per heavy atom. The Kier molecular flexibility index (Phi) is 7.63. The molecule has 0 rings (SSSR count). The molecule has 0 aliphatic carbocycles. The first-order chi connectivity index (χ1) is 7.96. The first-order valence-electron chi connectivity index (χ1n) is 5.89.